The Morgan fingerprint density at radius 2 is 2.19 bits per heavy atom. The number of ether oxygens (including phenoxy) is 1. The minimum absolute atomic E-state index is 0.137. The summed E-state index contributed by atoms with van der Waals surface area (Å²) in [6.07, 6.45) is 0.920. The highest BCUT2D eigenvalue weighted by Gasteiger charge is 2.39. The molecule has 1 aliphatic rings. The van der Waals surface area contributed by atoms with Crippen LogP contribution >= 0.6 is 31.9 Å². The molecule has 0 saturated carbocycles. The van der Waals surface area contributed by atoms with Crippen LogP contribution < -0.4 is 0 Å². The molecule has 6 heteroatoms. The molecule has 4 nitrogen and oxygen atoms in total. The lowest BCUT2D eigenvalue weighted by Gasteiger charge is -2.39. The molecule has 0 radical (unpaired) electrons. The molecule has 1 fully saturated rings. The fraction of sp³-hybridized carbons (Fsp3) is 0.700. The monoisotopic (exact) mass is 352 g/mol. The zero-order valence-corrected chi connectivity index (χ0v) is 12.2. The van der Waals surface area contributed by atoms with Crippen LogP contribution in [0.5, 0.6) is 0 Å². The summed E-state index contributed by atoms with van der Waals surface area (Å²) in [6.45, 7) is 4.12. The molecule has 90 valence electrons. The minimum Gasteiger partial charge on any atom is -0.396 e. The molecule has 0 aliphatic carbocycles. The van der Waals surface area contributed by atoms with Crippen molar-refractivity contribution in [1.82, 2.24) is 9.78 Å². The van der Waals surface area contributed by atoms with Crippen LogP contribution in [0.1, 0.15) is 12.5 Å². The molecule has 1 N–H and O–H groups in total. The van der Waals surface area contributed by atoms with Crippen LogP contribution in [0.15, 0.2) is 9.21 Å². The zero-order valence-electron chi connectivity index (χ0n) is 9.04. The van der Waals surface area contributed by atoms with Gasteiger partial charge in [0.1, 0.15) is 9.21 Å². The van der Waals surface area contributed by atoms with Crippen molar-refractivity contribution in [3.05, 3.63) is 14.8 Å². The average molecular weight is 354 g/mol. The molecule has 1 aliphatic heterocycles. The summed E-state index contributed by atoms with van der Waals surface area (Å²) in [6, 6.07) is 0. The molecule has 0 bridgehead atoms. The van der Waals surface area contributed by atoms with Crippen LogP contribution in [-0.4, -0.2) is 34.7 Å². The lowest BCUT2D eigenvalue weighted by molar-refractivity contribution is -0.146. The normalized spacial score (nSPS) is 18.5. The minimum atomic E-state index is -0.154. The van der Waals surface area contributed by atoms with Gasteiger partial charge in [-0.2, -0.15) is 5.10 Å². The van der Waals surface area contributed by atoms with E-state index in [4.69, 9.17) is 4.74 Å². The van der Waals surface area contributed by atoms with Gasteiger partial charge in [-0.1, -0.05) is 6.92 Å². The smallest absolute Gasteiger partial charge is 0.132 e. The molecule has 1 saturated heterocycles. The standard InChI is InChI=1S/C10H14Br2N2O2/c1-2-7-8(11)13-14(9(7)12)3-10(4-15)5-16-6-10/h15H,2-6H2,1H3. The Labute approximate surface area is 111 Å². The van der Waals surface area contributed by atoms with Gasteiger partial charge in [0.2, 0.25) is 0 Å². The second kappa shape index (κ2) is 4.76. The highest BCUT2D eigenvalue weighted by Crippen LogP contribution is 2.32. The van der Waals surface area contributed by atoms with Gasteiger partial charge in [0.05, 0.1) is 31.8 Å². The molecule has 0 atom stereocenters. The van der Waals surface area contributed by atoms with E-state index in [1.165, 1.54) is 0 Å². The number of rotatable bonds is 4. The van der Waals surface area contributed by atoms with Crippen LogP contribution in [0.2, 0.25) is 0 Å². The van der Waals surface area contributed by atoms with Crippen molar-refractivity contribution in [1.29, 1.82) is 0 Å². The van der Waals surface area contributed by atoms with Gasteiger partial charge in [-0.15, -0.1) is 0 Å². The van der Waals surface area contributed by atoms with Crippen LogP contribution in [0.4, 0.5) is 0 Å². The molecule has 0 spiro atoms. The number of hydrogen-bond donors (Lipinski definition) is 1. The first kappa shape index (κ1) is 12.5. The van der Waals surface area contributed by atoms with Crippen LogP contribution in [0.3, 0.4) is 0 Å². The molecule has 16 heavy (non-hydrogen) atoms. The third-order valence-electron chi connectivity index (χ3n) is 2.92. The SMILES string of the molecule is CCc1c(Br)nn(CC2(CO)COC2)c1Br. The second-order valence-corrected chi connectivity index (χ2v) is 5.72. The Hall–Kier alpha value is 0.0900. The van der Waals surface area contributed by atoms with Gasteiger partial charge >= 0.3 is 0 Å². The number of nitrogens with zero attached hydrogens (tertiary/aromatic N) is 2. The highest BCUT2D eigenvalue weighted by molar-refractivity contribution is 9.11. The molecule has 2 heterocycles. The summed E-state index contributed by atoms with van der Waals surface area (Å²) in [7, 11) is 0. The first-order valence-electron chi connectivity index (χ1n) is 5.21. The highest BCUT2D eigenvalue weighted by atomic mass is 79.9. The maximum absolute atomic E-state index is 9.37. The van der Waals surface area contributed by atoms with Crippen molar-refractivity contribution in [2.24, 2.45) is 5.41 Å². The van der Waals surface area contributed by atoms with Gasteiger partial charge in [0, 0.05) is 5.56 Å². The van der Waals surface area contributed by atoms with E-state index in [1.807, 2.05) is 4.68 Å². The summed E-state index contributed by atoms with van der Waals surface area (Å²) in [4.78, 5) is 0. The lowest BCUT2D eigenvalue weighted by atomic mass is 9.87. The van der Waals surface area contributed by atoms with E-state index in [0.29, 0.717) is 19.8 Å². The predicted octanol–water partition coefficient (Wildman–Crippen LogP) is 1.98. The Morgan fingerprint density at radius 3 is 2.56 bits per heavy atom. The van der Waals surface area contributed by atoms with Crippen molar-refractivity contribution in [3.8, 4) is 0 Å². The lowest BCUT2D eigenvalue weighted by Crippen LogP contribution is -2.48. The number of aliphatic hydroxyl groups excluding tert-OH is 1. The van der Waals surface area contributed by atoms with Gasteiger partial charge in [0.25, 0.3) is 0 Å². The van der Waals surface area contributed by atoms with E-state index in [2.05, 4.69) is 43.9 Å². The summed E-state index contributed by atoms with van der Waals surface area (Å²) in [5.41, 5.74) is 1.01. The van der Waals surface area contributed by atoms with Crippen molar-refractivity contribution in [3.63, 3.8) is 0 Å². The topological polar surface area (TPSA) is 47.3 Å². The van der Waals surface area contributed by atoms with E-state index >= 15 is 0 Å². The van der Waals surface area contributed by atoms with Crippen molar-refractivity contribution >= 4 is 31.9 Å². The molecule has 0 aromatic carbocycles. The number of aliphatic hydroxyl groups is 1. The van der Waals surface area contributed by atoms with E-state index in [0.717, 1.165) is 21.2 Å². The van der Waals surface area contributed by atoms with E-state index < -0.39 is 0 Å². The van der Waals surface area contributed by atoms with Gasteiger partial charge in [-0.25, -0.2) is 0 Å². The quantitative estimate of drug-likeness (QED) is 0.900. The van der Waals surface area contributed by atoms with Crippen LogP contribution in [-0.2, 0) is 17.7 Å². The van der Waals surface area contributed by atoms with E-state index in [-0.39, 0.29) is 12.0 Å². The summed E-state index contributed by atoms with van der Waals surface area (Å²) >= 11 is 6.99. The summed E-state index contributed by atoms with van der Waals surface area (Å²) in [5, 5.41) is 13.8. The first-order valence-corrected chi connectivity index (χ1v) is 6.80. The Kier molecular flexibility index (Phi) is 3.73. The molecule has 0 amide bonds. The van der Waals surface area contributed by atoms with Crippen molar-refractivity contribution < 1.29 is 9.84 Å². The maximum atomic E-state index is 9.37. The third kappa shape index (κ3) is 2.08. The van der Waals surface area contributed by atoms with E-state index in [9.17, 15) is 5.11 Å². The molecular formula is C10H14Br2N2O2. The summed E-state index contributed by atoms with van der Waals surface area (Å²) < 4.78 is 8.93. The van der Waals surface area contributed by atoms with Gasteiger partial charge < -0.3 is 9.84 Å². The number of halogens is 2. The molecule has 1 aromatic rings. The Balaban J connectivity index is 2.21. The second-order valence-electron chi connectivity index (χ2n) is 4.22. The molecule has 2 rings (SSSR count). The zero-order chi connectivity index (χ0) is 11.8. The average Bonchev–Trinajstić information content (AvgIpc) is 2.47. The number of aromatic nitrogens is 2. The fourth-order valence-corrected chi connectivity index (χ4v) is 3.39. The van der Waals surface area contributed by atoms with Crippen molar-refractivity contribution in [2.45, 2.75) is 19.9 Å². The van der Waals surface area contributed by atoms with Gasteiger partial charge in [-0.05, 0) is 38.3 Å². The summed E-state index contributed by atoms with van der Waals surface area (Å²) in [5.74, 6) is 0. The predicted molar refractivity (Wildman–Crippen MR) is 67.3 cm³/mol. The number of hydrogen-bond acceptors (Lipinski definition) is 3. The van der Waals surface area contributed by atoms with Crippen LogP contribution in [0.25, 0.3) is 0 Å². The third-order valence-corrected chi connectivity index (χ3v) is 4.45. The van der Waals surface area contributed by atoms with E-state index in [1.54, 1.807) is 0 Å². The molecular weight excluding hydrogens is 340 g/mol. The van der Waals surface area contributed by atoms with Crippen molar-refractivity contribution in [2.75, 3.05) is 19.8 Å². The molecule has 1 aromatic heterocycles. The molecule has 0 unspecified atom stereocenters. The fourth-order valence-electron chi connectivity index (χ4n) is 1.79. The van der Waals surface area contributed by atoms with Crippen LogP contribution in [0, 0.1) is 5.41 Å². The maximum Gasteiger partial charge on any atom is 0.132 e. The Morgan fingerprint density at radius 1 is 1.50 bits per heavy atom. The Bertz CT molecular complexity index is 383. The first-order chi connectivity index (χ1) is 7.62. The van der Waals surface area contributed by atoms with Gasteiger partial charge in [0.15, 0.2) is 0 Å². The van der Waals surface area contributed by atoms with Gasteiger partial charge in [-0.3, -0.25) is 4.68 Å². The largest absolute Gasteiger partial charge is 0.396 e.